The van der Waals surface area contributed by atoms with Crippen LogP contribution in [0.1, 0.15) is 34.6 Å². The van der Waals surface area contributed by atoms with Gasteiger partial charge in [-0.15, -0.1) is 10.3 Å². The maximum Gasteiger partial charge on any atom is 0.417 e. The monoisotopic (exact) mass is 454 g/mol. The van der Waals surface area contributed by atoms with Crippen LogP contribution in [0.25, 0.3) is 10.9 Å². The number of sulfonamides is 1. The largest absolute Gasteiger partial charge is 0.434 e. The van der Waals surface area contributed by atoms with Gasteiger partial charge in [0.25, 0.3) is 0 Å². The molecule has 5 rings (SSSR count). The molecule has 1 saturated heterocycles. The Balaban J connectivity index is 1.60. The lowest BCUT2D eigenvalue weighted by atomic mass is 10.1. The van der Waals surface area contributed by atoms with Crippen LogP contribution in [0.15, 0.2) is 33.7 Å². The lowest BCUT2D eigenvalue weighted by molar-refractivity contribution is -0.724. The average molecular weight is 455 g/mol. The Kier molecular flexibility index (Phi) is 4.94. The molecule has 9 nitrogen and oxygen atoms in total. The number of hydrogen-bond acceptors (Lipinski definition) is 7. The van der Waals surface area contributed by atoms with Crippen LogP contribution >= 0.6 is 0 Å². The first-order valence-corrected chi connectivity index (χ1v) is 12.0. The minimum Gasteiger partial charge on any atom is -0.434 e. The predicted molar refractivity (Wildman–Crippen MR) is 117 cm³/mol. The number of aromatic amines is 1. The van der Waals surface area contributed by atoms with Crippen molar-refractivity contribution in [2.75, 3.05) is 26.2 Å². The second-order valence-electron chi connectivity index (χ2n) is 8.32. The number of carbonyl (C=O) groups is 1. The molecule has 166 valence electrons. The van der Waals surface area contributed by atoms with Gasteiger partial charge in [-0.2, -0.15) is 8.42 Å². The summed E-state index contributed by atoms with van der Waals surface area (Å²) in [6.45, 7) is 3.42. The van der Waals surface area contributed by atoms with Crippen molar-refractivity contribution in [1.29, 1.82) is 0 Å². The summed E-state index contributed by atoms with van der Waals surface area (Å²) in [6, 6.07) is 6.95. The number of nitrogens with one attached hydrogen (secondary N) is 3. The van der Waals surface area contributed by atoms with E-state index in [4.69, 9.17) is 10.8 Å². The number of quaternary nitrogens is 1. The molecule has 1 fully saturated rings. The molecule has 1 aromatic carbocycles. The van der Waals surface area contributed by atoms with Crippen LogP contribution in [-0.4, -0.2) is 60.4 Å². The first-order valence-electron chi connectivity index (χ1n) is 10.5. The third-order valence-corrected chi connectivity index (χ3v) is 8.47. The molecule has 1 amide bonds. The van der Waals surface area contributed by atoms with Crippen molar-refractivity contribution in [1.82, 2.24) is 20.6 Å². The summed E-state index contributed by atoms with van der Waals surface area (Å²) < 4.78 is 32.8. The number of aromatic nitrogens is 2. The number of terminal acetylenes is 1. The van der Waals surface area contributed by atoms with E-state index in [1.54, 1.807) is 18.2 Å². The van der Waals surface area contributed by atoms with Crippen molar-refractivity contribution in [3.8, 4) is 12.3 Å². The third kappa shape index (κ3) is 3.17. The van der Waals surface area contributed by atoms with E-state index in [0.717, 1.165) is 0 Å². The van der Waals surface area contributed by atoms with E-state index in [2.05, 4.69) is 26.5 Å². The first kappa shape index (κ1) is 20.9. The highest BCUT2D eigenvalue weighted by molar-refractivity contribution is 7.86. The first-order chi connectivity index (χ1) is 15.3. The molecule has 3 aromatic rings. The van der Waals surface area contributed by atoms with Gasteiger partial charge in [-0.25, -0.2) is 9.78 Å². The molecule has 2 aromatic heterocycles. The molecule has 1 unspecified atom stereocenters. The number of oxazole rings is 1. The van der Waals surface area contributed by atoms with Crippen LogP contribution in [0.4, 0.5) is 0 Å². The normalized spacial score (nSPS) is 20.6. The Bertz CT molecular complexity index is 1360. The van der Waals surface area contributed by atoms with E-state index < -0.39 is 19.8 Å². The van der Waals surface area contributed by atoms with E-state index in [1.807, 2.05) is 6.92 Å². The van der Waals surface area contributed by atoms with Gasteiger partial charge in [-0.3, -0.25) is 0 Å². The molecule has 2 aliphatic heterocycles. The SMILES string of the molecule is C#Cc1ccc2[nH]c(S(=O)(=O)[N+]3(C(=O)c4nc5c(o4)CC(C)NC5)CCNCC3)cc2c1. The summed E-state index contributed by atoms with van der Waals surface area (Å²) in [6.07, 6.45) is 6.07. The fourth-order valence-corrected chi connectivity index (χ4v) is 6.25. The number of carbonyl (C=O) groups excluding carboxylic acids is 1. The Morgan fingerprint density at radius 2 is 2.06 bits per heavy atom. The van der Waals surface area contributed by atoms with Crippen LogP contribution in [0.5, 0.6) is 0 Å². The highest BCUT2D eigenvalue weighted by atomic mass is 32.2. The quantitative estimate of drug-likeness (QED) is 0.401. The summed E-state index contributed by atoms with van der Waals surface area (Å²) in [7, 11) is -4.14. The topological polar surface area (TPSA) is 117 Å². The van der Waals surface area contributed by atoms with Crippen molar-refractivity contribution in [3.05, 3.63) is 47.2 Å². The number of H-pyrrole nitrogens is 1. The number of fused-ring (bicyclic) bond motifs is 2. The van der Waals surface area contributed by atoms with Crippen LogP contribution in [0.2, 0.25) is 0 Å². The number of hydrogen-bond donors (Lipinski definition) is 3. The minimum atomic E-state index is -4.14. The maximum atomic E-state index is 13.9. The van der Waals surface area contributed by atoms with Crippen molar-refractivity contribution in [3.63, 3.8) is 0 Å². The van der Waals surface area contributed by atoms with Gasteiger partial charge in [0.15, 0.2) is 5.03 Å². The number of amides is 1. The fraction of sp³-hybridized carbons (Fsp3) is 0.364. The molecule has 3 N–H and O–H groups in total. The van der Waals surface area contributed by atoms with Gasteiger partial charge in [0.1, 0.15) is 18.8 Å². The van der Waals surface area contributed by atoms with Crippen molar-refractivity contribution in [2.24, 2.45) is 0 Å². The van der Waals surface area contributed by atoms with Crippen molar-refractivity contribution in [2.45, 2.75) is 31.0 Å². The Morgan fingerprint density at radius 1 is 1.28 bits per heavy atom. The number of piperazine rings is 1. The molecule has 0 aliphatic carbocycles. The highest BCUT2D eigenvalue weighted by Crippen LogP contribution is 2.31. The molecular weight excluding hydrogens is 430 g/mol. The van der Waals surface area contributed by atoms with Crippen molar-refractivity contribution < 1.29 is 21.5 Å². The Morgan fingerprint density at radius 3 is 2.81 bits per heavy atom. The van der Waals surface area contributed by atoms with E-state index in [9.17, 15) is 13.2 Å². The average Bonchev–Trinajstić information content (AvgIpc) is 3.42. The number of benzene rings is 1. The zero-order chi connectivity index (χ0) is 22.5. The molecule has 1 atom stereocenters. The van der Waals surface area contributed by atoms with Gasteiger partial charge >= 0.3 is 21.8 Å². The van der Waals surface area contributed by atoms with Gasteiger partial charge in [0.2, 0.25) is 0 Å². The lowest BCUT2D eigenvalue weighted by Crippen LogP contribution is -2.64. The number of rotatable bonds is 3. The molecule has 2 aliphatic rings. The second kappa shape index (κ2) is 7.56. The third-order valence-electron chi connectivity index (χ3n) is 6.24. The second-order valence-corrected chi connectivity index (χ2v) is 10.4. The summed E-state index contributed by atoms with van der Waals surface area (Å²) in [4.78, 5) is 21.0. The Hall–Kier alpha value is -2.97. The fourth-order valence-electron chi connectivity index (χ4n) is 4.40. The van der Waals surface area contributed by atoms with Gasteiger partial charge < -0.3 is 20.0 Å². The van der Waals surface area contributed by atoms with E-state index in [1.165, 1.54) is 6.07 Å². The van der Waals surface area contributed by atoms with Crippen LogP contribution in [-0.2, 0) is 23.0 Å². The van der Waals surface area contributed by atoms with Gasteiger partial charge in [0.05, 0.1) is 5.69 Å². The molecule has 4 heterocycles. The molecule has 0 saturated carbocycles. The molecule has 0 spiro atoms. The minimum absolute atomic E-state index is 0.0245. The molecule has 0 bridgehead atoms. The van der Waals surface area contributed by atoms with E-state index >= 15 is 0 Å². The zero-order valence-corrected chi connectivity index (χ0v) is 18.5. The summed E-state index contributed by atoms with van der Waals surface area (Å²) in [5, 5.41) is 7.06. The molecule has 10 heteroatoms. The summed E-state index contributed by atoms with van der Waals surface area (Å²) >= 11 is 0. The smallest absolute Gasteiger partial charge is 0.417 e. The highest BCUT2D eigenvalue weighted by Gasteiger charge is 2.54. The van der Waals surface area contributed by atoms with Gasteiger partial charge in [-0.1, -0.05) is 5.92 Å². The molecular formula is C22H24N5O4S+. The van der Waals surface area contributed by atoms with Crippen molar-refractivity contribution >= 4 is 26.8 Å². The number of nitrogens with zero attached hydrogens (tertiary/aromatic N) is 2. The van der Waals surface area contributed by atoms with E-state index in [0.29, 0.717) is 54.0 Å². The van der Waals surface area contributed by atoms with Gasteiger partial charge in [0, 0.05) is 48.6 Å². The van der Waals surface area contributed by atoms with Crippen LogP contribution in [0, 0.1) is 12.3 Å². The van der Waals surface area contributed by atoms with E-state index in [-0.39, 0.29) is 30.0 Å². The summed E-state index contributed by atoms with van der Waals surface area (Å²) in [5.41, 5.74) is 1.94. The summed E-state index contributed by atoms with van der Waals surface area (Å²) in [5.74, 6) is 2.39. The van der Waals surface area contributed by atoms with Crippen LogP contribution in [0.3, 0.4) is 0 Å². The van der Waals surface area contributed by atoms with Crippen LogP contribution < -0.4 is 10.6 Å². The predicted octanol–water partition coefficient (Wildman–Crippen LogP) is 1.12. The molecule has 0 radical (unpaired) electrons. The lowest BCUT2D eigenvalue weighted by Gasteiger charge is -2.35. The standard InChI is InChI=1S/C22H24N5O4S/c1-3-15-4-5-17-16(11-15)12-20(25-17)32(29,30)27(8-6-23-7-9-27)22(28)21-26-18-13-24-14(2)10-19(18)31-21/h1,4-5,11-12,14,23-25H,6-10,13H2,2H3/q+1. The maximum absolute atomic E-state index is 13.9. The van der Waals surface area contributed by atoms with Gasteiger partial charge in [-0.05, 0) is 31.2 Å². The zero-order valence-electron chi connectivity index (χ0n) is 17.6. The Labute approximate surface area is 185 Å². The molecule has 32 heavy (non-hydrogen) atoms.